The summed E-state index contributed by atoms with van der Waals surface area (Å²) in [5, 5.41) is 3.66. The number of nitrogens with one attached hydrogen (secondary N) is 1. The van der Waals surface area contributed by atoms with Crippen LogP contribution in [0, 0.1) is 6.92 Å². The normalized spacial score (nSPS) is 14.4. The van der Waals surface area contributed by atoms with E-state index in [1.165, 1.54) is 19.8 Å². The van der Waals surface area contributed by atoms with Crippen molar-refractivity contribution in [2.24, 2.45) is 0 Å². The van der Waals surface area contributed by atoms with Crippen LogP contribution in [0.15, 0.2) is 40.2 Å². The number of aryl methyl sites for hydroxylation is 1. The van der Waals surface area contributed by atoms with Gasteiger partial charge in [-0.05, 0) is 60.0 Å². The summed E-state index contributed by atoms with van der Waals surface area (Å²) in [6.07, 6.45) is 0. The van der Waals surface area contributed by atoms with Gasteiger partial charge in [-0.25, -0.2) is 0 Å². The molecule has 2 atom stereocenters. The highest BCUT2D eigenvalue weighted by Crippen LogP contribution is 2.29. The SMILES string of the molecule is Cc1ccccc1[C@H](C)NC(C)c1ccc(Br)s1. The van der Waals surface area contributed by atoms with Gasteiger partial charge in [-0.15, -0.1) is 11.3 Å². The molecule has 0 aliphatic heterocycles. The molecule has 3 heteroatoms. The number of rotatable bonds is 4. The summed E-state index contributed by atoms with van der Waals surface area (Å²) in [6.45, 7) is 6.61. The van der Waals surface area contributed by atoms with E-state index in [-0.39, 0.29) is 0 Å². The maximum absolute atomic E-state index is 3.66. The Morgan fingerprint density at radius 1 is 1.06 bits per heavy atom. The van der Waals surface area contributed by atoms with Crippen molar-refractivity contribution in [3.63, 3.8) is 0 Å². The van der Waals surface area contributed by atoms with Gasteiger partial charge in [0.15, 0.2) is 0 Å². The van der Waals surface area contributed by atoms with Gasteiger partial charge in [0.2, 0.25) is 0 Å². The van der Waals surface area contributed by atoms with Crippen LogP contribution in [0.2, 0.25) is 0 Å². The lowest BCUT2D eigenvalue weighted by Crippen LogP contribution is -2.22. The molecule has 96 valence electrons. The molecule has 0 saturated heterocycles. The highest BCUT2D eigenvalue weighted by molar-refractivity contribution is 9.11. The van der Waals surface area contributed by atoms with Crippen LogP contribution in [0.25, 0.3) is 0 Å². The van der Waals surface area contributed by atoms with E-state index in [1.807, 2.05) is 0 Å². The van der Waals surface area contributed by atoms with Crippen molar-refractivity contribution in [3.05, 3.63) is 56.2 Å². The summed E-state index contributed by atoms with van der Waals surface area (Å²) >= 11 is 5.31. The average Bonchev–Trinajstić information content (AvgIpc) is 2.76. The van der Waals surface area contributed by atoms with Crippen LogP contribution in [0.1, 0.15) is 41.9 Å². The molecule has 1 N–H and O–H groups in total. The lowest BCUT2D eigenvalue weighted by Gasteiger charge is -2.21. The highest BCUT2D eigenvalue weighted by atomic mass is 79.9. The van der Waals surface area contributed by atoms with Crippen molar-refractivity contribution in [2.45, 2.75) is 32.9 Å². The molecule has 0 aliphatic carbocycles. The van der Waals surface area contributed by atoms with Crippen molar-refractivity contribution in [2.75, 3.05) is 0 Å². The summed E-state index contributed by atoms with van der Waals surface area (Å²) in [7, 11) is 0. The lowest BCUT2D eigenvalue weighted by atomic mass is 10.0. The molecule has 1 aromatic carbocycles. The maximum atomic E-state index is 3.66. The summed E-state index contributed by atoms with van der Waals surface area (Å²) in [4.78, 5) is 1.36. The first-order valence-electron chi connectivity index (χ1n) is 6.14. The fourth-order valence-electron chi connectivity index (χ4n) is 2.18. The first kappa shape index (κ1) is 13.8. The second-order valence-electron chi connectivity index (χ2n) is 4.61. The van der Waals surface area contributed by atoms with Crippen LogP contribution in [0.4, 0.5) is 0 Å². The van der Waals surface area contributed by atoms with Crippen LogP contribution in [-0.2, 0) is 0 Å². The Morgan fingerprint density at radius 3 is 2.39 bits per heavy atom. The molecule has 1 heterocycles. The van der Waals surface area contributed by atoms with Gasteiger partial charge < -0.3 is 5.32 Å². The zero-order chi connectivity index (χ0) is 13.1. The quantitative estimate of drug-likeness (QED) is 0.812. The predicted octanol–water partition coefficient (Wildman–Crippen LogP) is 5.23. The maximum Gasteiger partial charge on any atom is 0.0701 e. The Kier molecular flexibility index (Phi) is 4.60. The third-order valence-electron chi connectivity index (χ3n) is 3.18. The Hall–Kier alpha value is -0.640. The molecule has 0 fully saturated rings. The van der Waals surface area contributed by atoms with E-state index < -0.39 is 0 Å². The standard InChI is InChI=1S/C15H18BrNS/c1-10-6-4-5-7-13(10)11(2)17-12(3)14-8-9-15(16)18-14/h4-9,11-12,17H,1-3H3/t11-,12?/m0/s1. The molecule has 18 heavy (non-hydrogen) atoms. The largest absolute Gasteiger partial charge is 0.303 e. The molecule has 2 rings (SSSR count). The van der Waals surface area contributed by atoms with Crippen LogP contribution >= 0.6 is 27.3 Å². The number of hydrogen-bond acceptors (Lipinski definition) is 2. The van der Waals surface area contributed by atoms with Crippen molar-refractivity contribution < 1.29 is 0 Å². The Morgan fingerprint density at radius 2 is 1.78 bits per heavy atom. The molecule has 1 aromatic heterocycles. The summed E-state index contributed by atoms with van der Waals surface area (Å²) < 4.78 is 1.19. The monoisotopic (exact) mass is 323 g/mol. The van der Waals surface area contributed by atoms with E-state index in [0.717, 1.165) is 0 Å². The van der Waals surface area contributed by atoms with Crippen LogP contribution in [0.3, 0.4) is 0 Å². The molecule has 2 aromatic rings. The van der Waals surface area contributed by atoms with Crippen LogP contribution < -0.4 is 5.32 Å². The van der Waals surface area contributed by atoms with Gasteiger partial charge in [-0.1, -0.05) is 24.3 Å². The molecule has 0 spiro atoms. The smallest absolute Gasteiger partial charge is 0.0701 e. The van der Waals surface area contributed by atoms with Gasteiger partial charge in [0.25, 0.3) is 0 Å². The van der Waals surface area contributed by atoms with Gasteiger partial charge >= 0.3 is 0 Å². The van der Waals surface area contributed by atoms with E-state index in [0.29, 0.717) is 12.1 Å². The van der Waals surface area contributed by atoms with Gasteiger partial charge in [-0.3, -0.25) is 0 Å². The number of hydrogen-bond donors (Lipinski definition) is 1. The second kappa shape index (κ2) is 6.00. The molecule has 1 unspecified atom stereocenters. The Balaban J connectivity index is 2.08. The van der Waals surface area contributed by atoms with Crippen molar-refractivity contribution in [3.8, 4) is 0 Å². The highest BCUT2D eigenvalue weighted by Gasteiger charge is 2.13. The predicted molar refractivity (Wildman–Crippen MR) is 83.2 cm³/mol. The summed E-state index contributed by atoms with van der Waals surface area (Å²) in [6, 6.07) is 13.6. The van der Waals surface area contributed by atoms with Crippen LogP contribution in [-0.4, -0.2) is 0 Å². The molecule has 0 aliphatic rings. The molecule has 0 bridgehead atoms. The van der Waals surface area contributed by atoms with Gasteiger partial charge in [0.1, 0.15) is 0 Å². The van der Waals surface area contributed by atoms with E-state index in [1.54, 1.807) is 11.3 Å². The molecule has 0 radical (unpaired) electrons. The first-order valence-corrected chi connectivity index (χ1v) is 7.75. The molecule has 0 amide bonds. The number of halogens is 1. The van der Waals surface area contributed by atoms with Gasteiger partial charge in [0.05, 0.1) is 3.79 Å². The van der Waals surface area contributed by atoms with Gasteiger partial charge in [-0.2, -0.15) is 0 Å². The minimum absolute atomic E-state index is 0.363. The van der Waals surface area contributed by atoms with E-state index in [9.17, 15) is 0 Å². The van der Waals surface area contributed by atoms with E-state index in [4.69, 9.17) is 0 Å². The van der Waals surface area contributed by atoms with Crippen molar-refractivity contribution >= 4 is 27.3 Å². The number of benzene rings is 1. The van der Waals surface area contributed by atoms with E-state index >= 15 is 0 Å². The Labute approximate surface area is 121 Å². The van der Waals surface area contributed by atoms with Crippen LogP contribution in [0.5, 0.6) is 0 Å². The Bertz CT molecular complexity index is 521. The number of thiophene rings is 1. The van der Waals surface area contributed by atoms with Crippen molar-refractivity contribution in [1.29, 1.82) is 0 Å². The zero-order valence-corrected chi connectivity index (χ0v) is 13.3. The first-order chi connectivity index (χ1) is 8.58. The minimum Gasteiger partial charge on any atom is -0.303 e. The topological polar surface area (TPSA) is 12.0 Å². The molecule has 1 nitrogen and oxygen atoms in total. The lowest BCUT2D eigenvalue weighted by molar-refractivity contribution is 0.498. The molecular formula is C15H18BrNS. The summed E-state index contributed by atoms with van der Waals surface area (Å²) in [5.74, 6) is 0. The summed E-state index contributed by atoms with van der Waals surface area (Å²) in [5.41, 5.74) is 2.72. The minimum atomic E-state index is 0.363. The van der Waals surface area contributed by atoms with Gasteiger partial charge in [0, 0.05) is 17.0 Å². The fraction of sp³-hybridized carbons (Fsp3) is 0.333. The zero-order valence-electron chi connectivity index (χ0n) is 10.9. The fourth-order valence-corrected chi connectivity index (χ4v) is 3.62. The second-order valence-corrected chi connectivity index (χ2v) is 7.10. The molecule has 0 saturated carbocycles. The molecular weight excluding hydrogens is 306 g/mol. The average molecular weight is 324 g/mol. The van der Waals surface area contributed by atoms with E-state index in [2.05, 4.69) is 78.4 Å². The third kappa shape index (κ3) is 3.22. The third-order valence-corrected chi connectivity index (χ3v) is 4.98. The van der Waals surface area contributed by atoms with Crippen molar-refractivity contribution in [1.82, 2.24) is 5.32 Å².